The summed E-state index contributed by atoms with van der Waals surface area (Å²) in [4.78, 5) is 4.39. The van der Waals surface area contributed by atoms with Gasteiger partial charge in [0.1, 0.15) is 5.75 Å². The molecule has 1 fully saturated rings. The lowest BCUT2D eigenvalue weighted by atomic mass is 10.1. The smallest absolute Gasteiger partial charge is 0.119 e. The SMILES string of the molecule is Cc1cc(N)cnc1-c1ccc(OC2CC2)cc1. The molecule has 2 N–H and O–H groups in total. The van der Waals surface area contributed by atoms with E-state index in [2.05, 4.69) is 4.98 Å². The highest BCUT2D eigenvalue weighted by molar-refractivity contribution is 5.65. The normalized spacial score (nSPS) is 14.5. The van der Waals surface area contributed by atoms with E-state index in [1.807, 2.05) is 37.3 Å². The highest BCUT2D eigenvalue weighted by Crippen LogP contribution is 2.29. The van der Waals surface area contributed by atoms with Crippen LogP contribution in [0.25, 0.3) is 11.3 Å². The minimum Gasteiger partial charge on any atom is -0.490 e. The molecule has 92 valence electrons. The number of rotatable bonds is 3. The van der Waals surface area contributed by atoms with Gasteiger partial charge in [-0.3, -0.25) is 4.98 Å². The van der Waals surface area contributed by atoms with Gasteiger partial charge in [0.25, 0.3) is 0 Å². The van der Waals surface area contributed by atoms with Gasteiger partial charge in [-0.05, 0) is 55.7 Å². The number of pyridine rings is 1. The molecule has 0 atom stereocenters. The predicted octanol–water partition coefficient (Wildman–Crippen LogP) is 3.18. The first kappa shape index (κ1) is 11.1. The lowest BCUT2D eigenvalue weighted by Crippen LogP contribution is -1.96. The van der Waals surface area contributed by atoms with Crippen LogP contribution in [0.15, 0.2) is 36.5 Å². The van der Waals surface area contributed by atoms with E-state index in [-0.39, 0.29) is 0 Å². The third-order valence-corrected chi connectivity index (χ3v) is 3.05. The molecule has 3 nitrogen and oxygen atoms in total. The minimum absolute atomic E-state index is 0.437. The molecule has 1 heterocycles. The molecular weight excluding hydrogens is 224 g/mol. The van der Waals surface area contributed by atoms with Crippen molar-refractivity contribution in [3.05, 3.63) is 42.1 Å². The van der Waals surface area contributed by atoms with Crippen LogP contribution in [-0.4, -0.2) is 11.1 Å². The molecule has 0 amide bonds. The summed E-state index contributed by atoms with van der Waals surface area (Å²) < 4.78 is 5.73. The number of nitrogens with two attached hydrogens (primary N) is 1. The molecule has 1 aromatic carbocycles. The minimum atomic E-state index is 0.437. The molecule has 0 bridgehead atoms. The summed E-state index contributed by atoms with van der Waals surface area (Å²) in [5, 5.41) is 0. The maximum Gasteiger partial charge on any atom is 0.119 e. The molecule has 1 aliphatic rings. The van der Waals surface area contributed by atoms with Gasteiger partial charge in [0.2, 0.25) is 0 Å². The Bertz CT molecular complexity index is 559. The van der Waals surface area contributed by atoms with Crippen LogP contribution in [-0.2, 0) is 0 Å². The third-order valence-electron chi connectivity index (χ3n) is 3.05. The molecule has 3 rings (SSSR count). The molecule has 0 saturated heterocycles. The Kier molecular flexibility index (Phi) is 2.67. The van der Waals surface area contributed by atoms with Gasteiger partial charge in [-0.1, -0.05) is 0 Å². The molecule has 18 heavy (non-hydrogen) atoms. The molecule has 1 aromatic heterocycles. The standard InChI is InChI=1S/C15H16N2O/c1-10-8-12(16)9-17-15(10)11-2-4-13(5-3-11)18-14-6-7-14/h2-5,8-9,14H,6-7,16H2,1H3. The Hall–Kier alpha value is -2.03. The molecule has 1 aliphatic carbocycles. The summed E-state index contributed by atoms with van der Waals surface area (Å²) in [6.07, 6.45) is 4.49. The van der Waals surface area contributed by atoms with E-state index in [4.69, 9.17) is 10.5 Å². The zero-order valence-corrected chi connectivity index (χ0v) is 10.4. The van der Waals surface area contributed by atoms with Crippen LogP contribution in [0.5, 0.6) is 5.75 Å². The summed E-state index contributed by atoms with van der Waals surface area (Å²) in [5.74, 6) is 0.939. The van der Waals surface area contributed by atoms with Crippen LogP contribution in [0.2, 0.25) is 0 Å². The summed E-state index contributed by atoms with van der Waals surface area (Å²) in [5.41, 5.74) is 9.56. The van der Waals surface area contributed by atoms with E-state index in [9.17, 15) is 0 Å². The van der Waals surface area contributed by atoms with Gasteiger partial charge in [-0.25, -0.2) is 0 Å². The van der Waals surface area contributed by atoms with Gasteiger partial charge in [0.15, 0.2) is 0 Å². The fourth-order valence-electron chi connectivity index (χ4n) is 1.97. The van der Waals surface area contributed by atoms with Crippen molar-refractivity contribution >= 4 is 5.69 Å². The number of nitrogen functional groups attached to an aromatic ring is 1. The lowest BCUT2D eigenvalue weighted by molar-refractivity contribution is 0.303. The highest BCUT2D eigenvalue weighted by atomic mass is 16.5. The molecule has 0 spiro atoms. The summed E-state index contributed by atoms with van der Waals surface area (Å²) in [7, 11) is 0. The van der Waals surface area contributed by atoms with Gasteiger partial charge in [0, 0.05) is 5.56 Å². The van der Waals surface area contributed by atoms with Crippen molar-refractivity contribution in [3.63, 3.8) is 0 Å². The molecule has 0 radical (unpaired) electrons. The number of benzene rings is 1. The fourth-order valence-corrected chi connectivity index (χ4v) is 1.97. The van der Waals surface area contributed by atoms with Gasteiger partial charge < -0.3 is 10.5 Å². The lowest BCUT2D eigenvalue weighted by Gasteiger charge is -2.08. The summed E-state index contributed by atoms with van der Waals surface area (Å²) in [6, 6.07) is 10.0. The number of hydrogen-bond donors (Lipinski definition) is 1. The van der Waals surface area contributed by atoms with Gasteiger partial charge in [-0.2, -0.15) is 0 Å². The van der Waals surface area contributed by atoms with Crippen molar-refractivity contribution in [2.45, 2.75) is 25.9 Å². The first-order valence-electron chi connectivity index (χ1n) is 6.21. The summed E-state index contributed by atoms with van der Waals surface area (Å²) >= 11 is 0. The van der Waals surface area contributed by atoms with E-state index in [1.165, 1.54) is 12.8 Å². The van der Waals surface area contributed by atoms with Crippen LogP contribution in [0.1, 0.15) is 18.4 Å². The Balaban J connectivity index is 1.86. The zero-order chi connectivity index (χ0) is 12.5. The molecule has 0 unspecified atom stereocenters. The molecule has 0 aliphatic heterocycles. The number of aryl methyl sites for hydroxylation is 1. The second-order valence-electron chi connectivity index (χ2n) is 4.78. The largest absolute Gasteiger partial charge is 0.490 e. The van der Waals surface area contributed by atoms with Crippen LogP contribution in [0, 0.1) is 6.92 Å². The van der Waals surface area contributed by atoms with Gasteiger partial charge in [0.05, 0.1) is 23.7 Å². The Labute approximate surface area is 107 Å². The zero-order valence-electron chi connectivity index (χ0n) is 10.4. The van der Waals surface area contributed by atoms with E-state index >= 15 is 0 Å². The second-order valence-corrected chi connectivity index (χ2v) is 4.78. The first-order valence-corrected chi connectivity index (χ1v) is 6.21. The predicted molar refractivity (Wildman–Crippen MR) is 72.5 cm³/mol. The van der Waals surface area contributed by atoms with Crippen molar-refractivity contribution in [3.8, 4) is 17.0 Å². The van der Waals surface area contributed by atoms with Crippen LogP contribution in [0.4, 0.5) is 5.69 Å². The number of aromatic nitrogens is 1. The molecule has 3 heteroatoms. The third kappa shape index (κ3) is 2.30. The molecule has 2 aromatic rings. The molecular formula is C15H16N2O. The maximum absolute atomic E-state index is 5.73. The summed E-state index contributed by atoms with van der Waals surface area (Å²) in [6.45, 7) is 2.02. The van der Waals surface area contributed by atoms with E-state index in [0.29, 0.717) is 11.8 Å². The van der Waals surface area contributed by atoms with Gasteiger partial charge in [-0.15, -0.1) is 0 Å². The first-order chi connectivity index (χ1) is 8.72. The fraction of sp³-hybridized carbons (Fsp3) is 0.267. The average Bonchev–Trinajstić information content (AvgIpc) is 3.15. The topological polar surface area (TPSA) is 48.1 Å². The number of hydrogen-bond acceptors (Lipinski definition) is 3. The van der Waals surface area contributed by atoms with Crippen molar-refractivity contribution in [1.29, 1.82) is 0 Å². The van der Waals surface area contributed by atoms with Crippen LogP contribution >= 0.6 is 0 Å². The van der Waals surface area contributed by atoms with Gasteiger partial charge >= 0.3 is 0 Å². The highest BCUT2D eigenvalue weighted by Gasteiger charge is 2.23. The Morgan fingerprint density at radius 3 is 2.56 bits per heavy atom. The monoisotopic (exact) mass is 240 g/mol. The number of ether oxygens (including phenoxy) is 1. The average molecular weight is 240 g/mol. The number of anilines is 1. The van der Waals surface area contributed by atoms with Crippen molar-refractivity contribution in [2.75, 3.05) is 5.73 Å². The number of nitrogens with zero attached hydrogens (tertiary/aromatic N) is 1. The van der Waals surface area contributed by atoms with E-state index in [1.54, 1.807) is 6.20 Å². The van der Waals surface area contributed by atoms with E-state index < -0.39 is 0 Å². The van der Waals surface area contributed by atoms with Crippen LogP contribution in [0.3, 0.4) is 0 Å². The second kappa shape index (κ2) is 4.33. The Morgan fingerprint density at radius 1 is 1.22 bits per heavy atom. The van der Waals surface area contributed by atoms with Crippen molar-refractivity contribution in [1.82, 2.24) is 4.98 Å². The van der Waals surface area contributed by atoms with Crippen LogP contribution < -0.4 is 10.5 Å². The maximum atomic E-state index is 5.73. The Morgan fingerprint density at radius 2 is 1.94 bits per heavy atom. The van der Waals surface area contributed by atoms with E-state index in [0.717, 1.165) is 22.6 Å². The van der Waals surface area contributed by atoms with Crippen molar-refractivity contribution < 1.29 is 4.74 Å². The quantitative estimate of drug-likeness (QED) is 0.896. The van der Waals surface area contributed by atoms with Crippen molar-refractivity contribution in [2.24, 2.45) is 0 Å². The molecule has 1 saturated carbocycles.